The van der Waals surface area contributed by atoms with Gasteiger partial charge in [0.1, 0.15) is 0 Å². The molecule has 0 aliphatic carbocycles. The predicted molar refractivity (Wildman–Crippen MR) is 89.5 cm³/mol. The van der Waals surface area contributed by atoms with Gasteiger partial charge in [-0.2, -0.15) is 0 Å². The second kappa shape index (κ2) is 9.16. The van der Waals surface area contributed by atoms with Gasteiger partial charge in [-0.15, -0.1) is 0 Å². The number of nitrogens with zero attached hydrogens (tertiary/aromatic N) is 3. The van der Waals surface area contributed by atoms with Crippen LogP contribution in [-0.2, 0) is 13.0 Å². The zero-order valence-corrected chi connectivity index (χ0v) is 13.9. The lowest BCUT2D eigenvalue weighted by atomic mass is 10.2. The molecule has 0 atom stereocenters. The maximum Gasteiger partial charge on any atom is 0.0544 e. The Morgan fingerprint density at radius 3 is 2.52 bits per heavy atom. The fourth-order valence-electron chi connectivity index (χ4n) is 3.04. The summed E-state index contributed by atoms with van der Waals surface area (Å²) in [5, 5.41) is 0. The fraction of sp³-hybridized carbons (Fsp3) is 0.722. The minimum absolute atomic E-state index is 0.962. The lowest BCUT2D eigenvalue weighted by molar-refractivity contribution is 0.248. The highest BCUT2D eigenvalue weighted by atomic mass is 15.1. The number of hydrogen-bond donors (Lipinski definition) is 0. The van der Waals surface area contributed by atoms with Gasteiger partial charge in [0.25, 0.3) is 0 Å². The van der Waals surface area contributed by atoms with Crippen LogP contribution in [0.15, 0.2) is 18.3 Å². The molecule has 1 saturated heterocycles. The van der Waals surface area contributed by atoms with Gasteiger partial charge in [0.2, 0.25) is 0 Å². The Balaban J connectivity index is 1.65. The van der Waals surface area contributed by atoms with Crippen molar-refractivity contribution in [1.29, 1.82) is 0 Å². The van der Waals surface area contributed by atoms with E-state index in [1.54, 1.807) is 0 Å². The van der Waals surface area contributed by atoms with Crippen LogP contribution in [0.3, 0.4) is 0 Å². The highest BCUT2D eigenvalue weighted by molar-refractivity contribution is 5.13. The molecular formula is C18H31N3. The van der Waals surface area contributed by atoms with Crippen molar-refractivity contribution < 1.29 is 0 Å². The first-order chi connectivity index (χ1) is 10.3. The van der Waals surface area contributed by atoms with Crippen LogP contribution in [0.5, 0.6) is 0 Å². The zero-order chi connectivity index (χ0) is 14.9. The molecule has 3 nitrogen and oxygen atoms in total. The molecule has 1 aromatic rings. The molecule has 1 aliphatic heterocycles. The Morgan fingerprint density at radius 2 is 1.90 bits per heavy atom. The molecule has 0 unspecified atom stereocenters. The summed E-state index contributed by atoms with van der Waals surface area (Å²) in [6.45, 7) is 8.17. The Kier molecular flexibility index (Phi) is 7.17. The summed E-state index contributed by atoms with van der Waals surface area (Å²) in [5.41, 5.74) is 2.51. The third-order valence-corrected chi connectivity index (χ3v) is 4.44. The van der Waals surface area contributed by atoms with E-state index < -0.39 is 0 Å². The maximum atomic E-state index is 4.55. The van der Waals surface area contributed by atoms with E-state index >= 15 is 0 Å². The summed E-state index contributed by atoms with van der Waals surface area (Å²) in [4.78, 5) is 9.59. The topological polar surface area (TPSA) is 19.4 Å². The quantitative estimate of drug-likeness (QED) is 0.767. The largest absolute Gasteiger partial charge is 0.303 e. The van der Waals surface area contributed by atoms with Gasteiger partial charge in [0, 0.05) is 12.7 Å². The van der Waals surface area contributed by atoms with Crippen molar-refractivity contribution in [3.63, 3.8) is 0 Å². The van der Waals surface area contributed by atoms with E-state index in [0.717, 1.165) is 19.5 Å². The van der Waals surface area contributed by atoms with Gasteiger partial charge in [-0.1, -0.05) is 25.8 Å². The van der Waals surface area contributed by atoms with Crippen LogP contribution < -0.4 is 0 Å². The molecule has 2 rings (SSSR count). The van der Waals surface area contributed by atoms with Crippen molar-refractivity contribution in [2.75, 3.05) is 33.2 Å². The Bertz CT molecular complexity index is 380. The van der Waals surface area contributed by atoms with Crippen LogP contribution in [-0.4, -0.2) is 48.0 Å². The first-order valence-corrected chi connectivity index (χ1v) is 8.62. The maximum absolute atomic E-state index is 4.55. The molecule has 1 aromatic heterocycles. The van der Waals surface area contributed by atoms with Crippen LogP contribution in [0.4, 0.5) is 0 Å². The predicted octanol–water partition coefficient (Wildman–Crippen LogP) is 3.34. The lowest BCUT2D eigenvalue weighted by Crippen LogP contribution is -2.29. The Hall–Kier alpha value is -0.930. The number of pyridine rings is 1. The molecule has 0 spiro atoms. The Morgan fingerprint density at radius 1 is 1.14 bits per heavy atom. The average molecular weight is 289 g/mol. The SMILES string of the molecule is CCc1ccc(CN(C)CCCN2CCCCCC2)nc1. The summed E-state index contributed by atoms with van der Waals surface area (Å²) >= 11 is 0. The van der Waals surface area contributed by atoms with E-state index in [1.165, 1.54) is 63.0 Å². The number of rotatable bonds is 7. The molecule has 0 saturated carbocycles. The molecule has 118 valence electrons. The Labute approximate surface area is 130 Å². The van der Waals surface area contributed by atoms with Gasteiger partial charge in [-0.3, -0.25) is 4.98 Å². The molecule has 0 amide bonds. The summed E-state index contributed by atoms with van der Waals surface area (Å²) in [5.74, 6) is 0. The third kappa shape index (κ3) is 6.15. The second-order valence-electron chi connectivity index (χ2n) is 6.36. The number of likely N-dealkylation sites (tertiary alicyclic amines) is 1. The number of aromatic nitrogens is 1. The monoisotopic (exact) mass is 289 g/mol. The summed E-state index contributed by atoms with van der Waals surface area (Å²) in [6, 6.07) is 4.37. The van der Waals surface area contributed by atoms with Crippen LogP contribution in [0.2, 0.25) is 0 Å². The first kappa shape index (κ1) is 16.4. The smallest absolute Gasteiger partial charge is 0.0544 e. The van der Waals surface area contributed by atoms with Crippen molar-refractivity contribution >= 4 is 0 Å². The fourth-order valence-corrected chi connectivity index (χ4v) is 3.04. The van der Waals surface area contributed by atoms with E-state index in [4.69, 9.17) is 0 Å². The minimum Gasteiger partial charge on any atom is -0.303 e. The third-order valence-electron chi connectivity index (χ3n) is 4.44. The average Bonchev–Trinajstić information content (AvgIpc) is 2.77. The van der Waals surface area contributed by atoms with Gasteiger partial charge in [-0.05, 0) is 70.5 Å². The van der Waals surface area contributed by atoms with Crippen molar-refractivity contribution in [3.8, 4) is 0 Å². The summed E-state index contributed by atoms with van der Waals surface area (Å²) in [6.07, 6.45) is 9.99. The van der Waals surface area contributed by atoms with Crippen molar-refractivity contribution in [1.82, 2.24) is 14.8 Å². The van der Waals surface area contributed by atoms with E-state index in [0.29, 0.717) is 0 Å². The van der Waals surface area contributed by atoms with Crippen LogP contribution >= 0.6 is 0 Å². The minimum atomic E-state index is 0.962. The molecule has 0 N–H and O–H groups in total. The van der Waals surface area contributed by atoms with Crippen LogP contribution in [0.1, 0.15) is 50.3 Å². The normalized spacial score (nSPS) is 17.1. The molecule has 21 heavy (non-hydrogen) atoms. The van der Waals surface area contributed by atoms with Gasteiger partial charge < -0.3 is 9.80 Å². The molecule has 2 heterocycles. The molecule has 1 fully saturated rings. The van der Waals surface area contributed by atoms with Crippen LogP contribution in [0.25, 0.3) is 0 Å². The molecule has 3 heteroatoms. The van der Waals surface area contributed by atoms with E-state index in [9.17, 15) is 0 Å². The summed E-state index contributed by atoms with van der Waals surface area (Å²) in [7, 11) is 2.21. The number of aryl methyl sites for hydroxylation is 1. The standard InChI is InChI=1S/C18H31N3/c1-3-17-9-10-18(19-15-17)16-20(2)11-8-14-21-12-6-4-5-7-13-21/h9-10,15H,3-8,11-14,16H2,1-2H3. The van der Waals surface area contributed by atoms with Gasteiger partial charge in [0.15, 0.2) is 0 Å². The van der Waals surface area contributed by atoms with Gasteiger partial charge >= 0.3 is 0 Å². The van der Waals surface area contributed by atoms with Crippen molar-refractivity contribution in [2.24, 2.45) is 0 Å². The van der Waals surface area contributed by atoms with E-state index in [2.05, 4.69) is 40.9 Å². The van der Waals surface area contributed by atoms with Gasteiger partial charge in [-0.25, -0.2) is 0 Å². The van der Waals surface area contributed by atoms with Gasteiger partial charge in [0.05, 0.1) is 5.69 Å². The summed E-state index contributed by atoms with van der Waals surface area (Å²) < 4.78 is 0. The van der Waals surface area contributed by atoms with Crippen molar-refractivity contribution in [3.05, 3.63) is 29.6 Å². The van der Waals surface area contributed by atoms with E-state index in [-0.39, 0.29) is 0 Å². The number of hydrogen-bond acceptors (Lipinski definition) is 3. The molecule has 0 radical (unpaired) electrons. The van der Waals surface area contributed by atoms with Crippen molar-refractivity contribution in [2.45, 2.75) is 52.0 Å². The van der Waals surface area contributed by atoms with Crippen LogP contribution in [0, 0.1) is 0 Å². The zero-order valence-electron chi connectivity index (χ0n) is 13.9. The first-order valence-electron chi connectivity index (χ1n) is 8.62. The molecule has 1 aliphatic rings. The molecule has 0 aromatic carbocycles. The van der Waals surface area contributed by atoms with E-state index in [1.807, 2.05) is 6.20 Å². The highest BCUT2D eigenvalue weighted by Crippen LogP contribution is 2.10. The molecular weight excluding hydrogens is 258 g/mol. The second-order valence-corrected chi connectivity index (χ2v) is 6.36. The lowest BCUT2D eigenvalue weighted by Gasteiger charge is -2.22. The molecule has 0 bridgehead atoms. The highest BCUT2D eigenvalue weighted by Gasteiger charge is 2.09.